The van der Waals surface area contributed by atoms with Crippen molar-refractivity contribution in [2.45, 2.75) is 6.42 Å². The molecule has 2 amide bonds. The summed E-state index contributed by atoms with van der Waals surface area (Å²) in [6.45, 7) is 0.526. The second-order valence-electron chi connectivity index (χ2n) is 4.60. The molecule has 0 bridgehead atoms. The minimum atomic E-state index is -0.240. The molecule has 0 heterocycles. The lowest BCUT2D eigenvalue weighted by Gasteiger charge is -2.06. The summed E-state index contributed by atoms with van der Waals surface area (Å²) >= 11 is 9.51. The van der Waals surface area contributed by atoms with Gasteiger partial charge in [0.15, 0.2) is 0 Å². The van der Waals surface area contributed by atoms with E-state index >= 15 is 0 Å². The Labute approximate surface area is 143 Å². The third-order valence-electron chi connectivity index (χ3n) is 3.02. The first-order chi connectivity index (χ1) is 10.7. The number of halogens is 2. The van der Waals surface area contributed by atoms with Crippen LogP contribution in [0, 0.1) is 0 Å². The Hall–Kier alpha value is -1.78. The molecule has 2 aromatic rings. The summed E-state index contributed by atoms with van der Waals surface area (Å²) in [7, 11) is 0. The van der Waals surface area contributed by atoms with Crippen LogP contribution in [0.4, 0.5) is 4.79 Å². The minimum Gasteiger partial charge on any atom is -0.338 e. The Bertz CT molecular complexity index is 673. The predicted octanol–water partition coefficient (Wildman–Crippen LogP) is 4.62. The van der Waals surface area contributed by atoms with Crippen LogP contribution in [-0.4, -0.2) is 12.6 Å². The first kappa shape index (κ1) is 16.6. The number of urea groups is 1. The Morgan fingerprint density at radius 1 is 1.14 bits per heavy atom. The van der Waals surface area contributed by atoms with Gasteiger partial charge in [-0.2, -0.15) is 0 Å². The highest BCUT2D eigenvalue weighted by atomic mass is 79.9. The molecule has 0 spiro atoms. The van der Waals surface area contributed by atoms with Crippen molar-refractivity contribution in [3.63, 3.8) is 0 Å². The van der Waals surface area contributed by atoms with Crippen LogP contribution in [0.2, 0.25) is 5.02 Å². The van der Waals surface area contributed by atoms with Gasteiger partial charge in [0, 0.05) is 22.2 Å². The Kier molecular flexibility index (Phi) is 6.49. The van der Waals surface area contributed by atoms with Gasteiger partial charge in [0.1, 0.15) is 0 Å². The second-order valence-corrected chi connectivity index (χ2v) is 5.86. The highest BCUT2D eigenvalue weighted by Gasteiger charge is 2.01. The van der Waals surface area contributed by atoms with E-state index in [0.717, 1.165) is 20.6 Å². The quantitative estimate of drug-likeness (QED) is 0.782. The SMILES string of the molecule is O=C(N/C=C/c1ccccc1Br)NCCc1ccccc1Cl. The summed E-state index contributed by atoms with van der Waals surface area (Å²) in [5.74, 6) is 0. The molecular weight excluding hydrogens is 364 g/mol. The Balaban J connectivity index is 1.75. The smallest absolute Gasteiger partial charge is 0.318 e. The second kappa shape index (κ2) is 8.61. The lowest BCUT2D eigenvalue weighted by Crippen LogP contribution is -2.33. The van der Waals surface area contributed by atoms with Gasteiger partial charge in [0.2, 0.25) is 0 Å². The van der Waals surface area contributed by atoms with E-state index in [1.807, 2.05) is 54.6 Å². The van der Waals surface area contributed by atoms with Gasteiger partial charge in [-0.3, -0.25) is 0 Å². The van der Waals surface area contributed by atoms with Crippen LogP contribution < -0.4 is 10.6 Å². The zero-order valence-corrected chi connectivity index (χ0v) is 14.2. The fourth-order valence-electron chi connectivity index (χ4n) is 1.88. The van der Waals surface area contributed by atoms with Crippen molar-refractivity contribution in [3.8, 4) is 0 Å². The largest absolute Gasteiger partial charge is 0.338 e. The van der Waals surface area contributed by atoms with E-state index in [2.05, 4.69) is 26.6 Å². The van der Waals surface area contributed by atoms with Gasteiger partial charge in [-0.1, -0.05) is 63.9 Å². The molecule has 0 saturated heterocycles. The number of carbonyl (C=O) groups excluding carboxylic acids is 1. The summed E-state index contributed by atoms with van der Waals surface area (Å²) < 4.78 is 0.979. The van der Waals surface area contributed by atoms with Gasteiger partial charge >= 0.3 is 6.03 Å². The normalized spacial score (nSPS) is 10.6. The summed E-state index contributed by atoms with van der Waals surface area (Å²) in [6, 6.07) is 15.2. The molecule has 22 heavy (non-hydrogen) atoms. The number of hydrogen-bond acceptors (Lipinski definition) is 1. The van der Waals surface area contributed by atoms with Crippen molar-refractivity contribution in [3.05, 3.63) is 75.4 Å². The number of amides is 2. The number of benzene rings is 2. The number of rotatable bonds is 5. The fourth-order valence-corrected chi connectivity index (χ4v) is 2.53. The highest BCUT2D eigenvalue weighted by molar-refractivity contribution is 9.10. The topological polar surface area (TPSA) is 41.1 Å². The van der Waals surface area contributed by atoms with Crippen molar-refractivity contribution in [2.75, 3.05) is 6.54 Å². The monoisotopic (exact) mass is 378 g/mol. The minimum absolute atomic E-state index is 0.240. The molecule has 0 saturated carbocycles. The van der Waals surface area contributed by atoms with E-state index in [0.29, 0.717) is 13.0 Å². The van der Waals surface area contributed by atoms with Gasteiger partial charge < -0.3 is 10.6 Å². The van der Waals surface area contributed by atoms with Gasteiger partial charge in [-0.25, -0.2) is 4.79 Å². The fraction of sp³-hybridized carbons (Fsp3) is 0.118. The molecule has 2 rings (SSSR count). The lowest BCUT2D eigenvalue weighted by molar-refractivity contribution is 0.244. The third kappa shape index (κ3) is 5.20. The molecule has 0 radical (unpaired) electrons. The zero-order chi connectivity index (χ0) is 15.8. The molecular formula is C17H16BrClN2O. The van der Waals surface area contributed by atoms with E-state index in [-0.39, 0.29) is 6.03 Å². The van der Waals surface area contributed by atoms with E-state index in [9.17, 15) is 4.79 Å². The average molecular weight is 380 g/mol. The Morgan fingerprint density at radius 2 is 1.86 bits per heavy atom. The van der Waals surface area contributed by atoms with Crippen LogP contribution in [0.25, 0.3) is 6.08 Å². The van der Waals surface area contributed by atoms with Gasteiger partial charge in [0.25, 0.3) is 0 Å². The van der Waals surface area contributed by atoms with Gasteiger partial charge in [0.05, 0.1) is 0 Å². The molecule has 0 atom stereocenters. The van der Waals surface area contributed by atoms with Gasteiger partial charge in [-0.05, 0) is 35.8 Å². The van der Waals surface area contributed by atoms with Crippen molar-refractivity contribution < 1.29 is 4.79 Å². The molecule has 0 fully saturated rings. The first-order valence-electron chi connectivity index (χ1n) is 6.85. The molecule has 3 nitrogen and oxygen atoms in total. The Morgan fingerprint density at radius 3 is 2.64 bits per heavy atom. The van der Waals surface area contributed by atoms with Crippen LogP contribution in [-0.2, 0) is 6.42 Å². The van der Waals surface area contributed by atoms with Crippen LogP contribution in [0.3, 0.4) is 0 Å². The predicted molar refractivity (Wildman–Crippen MR) is 94.9 cm³/mol. The van der Waals surface area contributed by atoms with Crippen molar-refractivity contribution in [1.29, 1.82) is 0 Å². The van der Waals surface area contributed by atoms with Gasteiger partial charge in [-0.15, -0.1) is 0 Å². The molecule has 114 valence electrons. The summed E-state index contributed by atoms with van der Waals surface area (Å²) in [5.41, 5.74) is 2.02. The lowest BCUT2D eigenvalue weighted by atomic mass is 10.1. The molecule has 0 aliphatic heterocycles. The molecule has 0 aliphatic carbocycles. The highest BCUT2D eigenvalue weighted by Crippen LogP contribution is 2.16. The maximum Gasteiger partial charge on any atom is 0.318 e. The number of carbonyl (C=O) groups is 1. The molecule has 0 unspecified atom stereocenters. The van der Waals surface area contributed by atoms with Crippen molar-refractivity contribution in [2.24, 2.45) is 0 Å². The molecule has 2 aromatic carbocycles. The summed E-state index contributed by atoms with van der Waals surface area (Å²) in [4.78, 5) is 11.7. The van der Waals surface area contributed by atoms with Crippen LogP contribution in [0.5, 0.6) is 0 Å². The number of hydrogen-bond donors (Lipinski definition) is 2. The average Bonchev–Trinajstić information content (AvgIpc) is 2.51. The molecule has 0 aromatic heterocycles. The van der Waals surface area contributed by atoms with E-state index in [1.54, 1.807) is 6.20 Å². The summed E-state index contributed by atoms with van der Waals surface area (Å²) in [6.07, 6.45) is 4.14. The van der Waals surface area contributed by atoms with Crippen molar-refractivity contribution in [1.82, 2.24) is 10.6 Å². The van der Waals surface area contributed by atoms with E-state index in [1.165, 1.54) is 0 Å². The number of nitrogens with one attached hydrogen (secondary N) is 2. The molecule has 2 N–H and O–H groups in total. The summed E-state index contributed by atoms with van der Waals surface area (Å²) in [5, 5.41) is 6.18. The third-order valence-corrected chi connectivity index (χ3v) is 4.11. The maximum atomic E-state index is 11.7. The van der Waals surface area contributed by atoms with Crippen LogP contribution >= 0.6 is 27.5 Å². The van der Waals surface area contributed by atoms with E-state index < -0.39 is 0 Å². The van der Waals surface area contributed by atoms with Crippen LogP contribution in [0.1, 0.15) is 11.1 Å². The molecule has 0 aliphatic rings. The standard InChI is InChI=1S/C17H16BrClN2O/c18-15-7-3-1-5-13(15)9-11-20-17(22)21-12-10-14-6-2-4-8-16(14)19/h1-9,11H,10,12H2,(H2,20,21,22)/b11-9+. The van der Waals surface area contributed by atoms with Crippen LogP contribution in [0.15, 0.2) is 59.2 Å². The molecule has 5 heteroatoms. The zero-order valence-electron chi connectivity index (χ0n) is 11.9. The van der Waals surface area contributed by atoms with E-state index in [4.69, 9.17) is 11.6 Å². The van der Waals surface area contributed by atoms with Crippen molar-refractivity contribution >= 4 is 39.6 Å². The maximum absolute atomic E-state index is 11.7. The first-order valence-corrected chi connectivity index (χ1v) is 8.03.